The van der Waals surface area contributed by atoms with Crippen molar-refractivity contribution in [3.05, 3.63) is 36.2 Å². The molecule has 0 aliphatic carbocycles. The molecule has 2 aliphatic rings. The van der Waals surface area contributed by atoms with E-state index >= 15 is 0 Å². The van der Waals surface area contributed by atoms with Crippen LogP contribution in [0.3, 0.4) is 0 Å². The molecule has 2 aromatic rings. The summed E-state index contributed by atoms with van der Waals surface area (Å²) in [4.78, 5) is 14.6. The van der Waals surface area contributed by atoms with Gasteiger partial charge in [0.25, 0.3) is 5.91 Å². The second kappa shape index (κ2) is 7.33. The van der Waals surface area contributed by atoms with Crippen molar-refractivity contribution in [3.63, 3.8) is 0 Å². The standard InChI is InChI=1S/C18H23N5O3/c19-9-14-11-23(21-20-14)10-13-5-7-22(8-6-13)18(24)17-12-25-15-3-1-2-4-16(15)26-17/h1-4,11,13,17H,5-10,12,19H2. The lowest BCUT2D eigenvalue weighted by molar-refractivity contribution is -0.142. The predicted octanol–water partition coefficient (Wildman–Crippen LogP) is 0.815. The summed E-state index contributed by atoms with van der Waals surface area (Å²) in [6, 6.07) is 7.44. The van der Waals surface area contributed by atoms with Crippen LogP contribution in [0.4, 0.5) is 0 Å². The highest BCUT2D eigenvalue weighted by Crippen LogP contribution is 2.31. The number of nitrogens with zero attached hydrogens (tertiary/aromatic N) is 4. The number of hydrogen-bond donors (Lipinski definition) is 1. The maximum atomic E-state index is 12.7. The minimum Gasteiger partial charge on any atom is -0.485 e. The van der Waals surface area contributed by atoms with Crippen molar-refractivity contribution in [1.82, 2.24) is 19.9 Å². The number of carbonyl (C=O) groups is 1. The van der Waals surface area contributed by atoms with Crippen LogP contribution in [0.15, 0.2) is 30.5 Å². The third-order valence-corrected chi connectivity index (χ3v) is 4.95. The van der Waals surface area contributed by atoms with Gasteiger partial charge in [0, 0.05) is 32.4 Å². The second-order valence-corrected chi connectivity index (χ2v) is 6.77. The largest absolute Gasteiger partial charge is 0.485 e. The first-order valence-corrected chi connectivity index (χ1v) is 8.99. The molecule has 1 fully saturated rings. The van der Waals surface area contributed by atoms with Gasteiger partial charge in [0.05, 0.1) is 5.69 Å². The third kappa shape index (κ3) is 3.50. The number of para-hydroxylation sites is 2. The Balaban J connectivity index is 1.30. The summed E-state index contributed by atoms with van der Waals surface area (Å²) in [5, 5.41) is 8.12. The molecule has 8 heteroatoms. The Labute approximate surface area is 151 Å². The van der Waals surface area contributed by atoms with Gasteiger partial charge in [0.2, 0.25) is 6.10 Å². The Morgan fingerprint density at radius 2 is 2.00 bits per heavy atom. The van der Waals surface area contributed by atoms with Gasteiger partial charge in [-0.3, -0.25) is 9.48 Å². The Morgan fingerprint density at radius 3 is 2.73 bits per heavy atom. The highest BCUT2D eigenvalue weighted by atomic mass is 16.6. The van der Waals surface area contributed by atoms with E-state index in [1.807, 2.05) is 40.0 Å². The van der Waals surface area contributed by atoms with Crippen molar-refractivity contribution in [2.24, 2.45) is 11.7 Å². The van der Waals surface area contributed by atoms with Crippen molar-refractivity contribution in [2.45, 2.75) is 32.0 Å². The highest BCUT2D eigenvalue weighted by Gasteiger charge is 2.33. The van der Waals surface area contributed by atoms with Crippen LogP contribution in [0.2, 0.25) is 0 Å². The predicted molar refractivity (Wildman–Crippen MR) is 93.6 cm³/mol. The van der Waals surface area contributed by atoms with Gasteiger partial charge in [-0.15, -0.1) is 5.10 Å². The fourth-order valence-electron chi connectivity index (χ4n) is 3.47. The lowest BCUT2D eigenvalue weighted by Crippen LogP contribution is -2.49. The summed E-state index contributed by atoms with van der Waals surface area (Å²) in [6.07, 6.45) is 3.20. The van der Waals surface area contributed by atoms with Gasteiger partial charge in [0.15, 0.2) is 11.5 Å². The molecule has 1 saturated heterocycles. The smallest absolute Gasteiger partial charge is 0.267 e. The summed E-state index contributed by atoms with van der Waals surface area (Å²) in [5.74, 6) is 1.81. The first-order valence-electron chi connectivity index (χ1n) is 8.99. The molecule has 1 aromatic carbocycles. The van der Waals surface area contributed by atoms with Gasteiger partial charge >= 0.3 is 0 Å². The fourth-order valence-corrected chi connectivity index (χ4v) is 3.47. The molecule has 8 nitrogen and oxygen atoms in total. The summed E-state index contributed by atoms with van der Waals surface area (Å²) in [6.45, 7) is 2.93. The maximum absolute atomic E-state index is 12.7. The van der Waals surface area contributed by atoms with Crippen molar-refractivity contribution in [3.8, 4) is 11.5 Å². The minimum atomic E-state index is -0.566. The van der Waals surface area contributed by atoms with Crippen molar-refractivity contribution in [1.29, 1.82) is 0 Å². The monoisotopic (exact) mass is 357 g/mol. The van der Waals surface area contributed by atoms with Crippen LogP contribution in [0.1, 0.15) is 18.5 Å². The molecule has 0 spiro atoms. The van der Waals surface area contributed by atoms with E-state index in [-0.39, 0.29) is 12.5 Å². The number of carbonyl (C=O) groups excluding carboxylic acids is 1. The molecule has 2 aliphatic heterocycles. The minimum absolute atomic E-state index is 0.00382. The summed E-state index contributed by atoms with van der Waals surface area (Å²) in [7, 11) is 0. The zero-order chi connectivity index (χ0) is 17.9. The first kappa shape index (κ1) is 16.8. The average Bonchev–Trinajstić information content (AvgIpc) is 3.15. The van der Waals surface area contributed by atoms with E-state index in [2.05, 4.69) is 10.3 Å². The van der Waals surface area contributed by atoms with E-state index in [0.29, 0.717) is 24.0 Å². The summed E-state index contributed by atoms with van der Waals surface area (Å²) >= 11 is 0. The zero-order valence-corrected chi connectivity index (χ0v) is 14.6. The molecular formula is C18H23N5O3. The Bertz CT molecular complexity index is 770. The van der Waals surface area contributed by atoms with Gasteiger partial charge in [-0.2, -0.15) is 0 Å². The Hall–Kier alpha value is -2.61. The number of amides is 1. The van der Waals surface area contributed by atoms with E-state index in [1.165, 1.54) is 0 Å². The van der Waals surface area contributed by atoms with Gasteiger partial charge in [-0.25, -0.2) is 0 Å². The van der Waals surface area contributed by atoms with Crippen molar-refractivity contribution < 1.29 is 14.3 Å². The molecule has 2 N–H and O–H groups in total. The van der Waals surface area contributed by atoms with Gasteiger partial charge in [-0.05, 0) is 30.9 Å². The van der Waals surface area contributed by atoms with Gasteiger partial charge in [-0.1, -0.05) is 17.3 Å². The Kier molecular flexibility index (Phi) is 4.75. The van der Waals surface area contributed by atoms with Gasteiger partial charge in [0.1, 0.15) is 6.61 Å². The molecule has 1 atom stereocenters. The molecule has 0 saturated carbocycles. The Morgan fingerprint density at radius 1 is 1.23 bits per heavy atom. The fraction of sp³-hybridized carbons (Fsp3) is 0.500. The number of benzene rings is 1. The third-order valence-electron chi connectivity index (χ3n) is 4.95. The van der Waals surface area contributed by atoms with Crippen LogP contribution < -0.4 is 15.2 Å². The lowest BCUT2D eigenvalue weighted by atomic mass is 9.96. The molecule has 3 heterocycles. The normalized spacial score (nSPS) is 20.2. The van der Waals surface area contributed by atoms with Gasteiger partial charge < -0.3 is 20.1 Å². The van der Waals surface area contributed by atoms with E-state index in [9.17, 15) is 4.79 Å². The molecule has 0 bridgehead atoms. The number of nitrogens with two attached hydrogens (primary N) is 1. The average molecular weight is 357 g/mol. The van der Waals surface area contributed by atoms with Crippen LogP contribution in [-0.2, 0) is 17.9 Å². The highest BCUT2D eigenvalue weighted by molar-refractivity contribution is 5.82. The molecule has 4 rings (SSSR count). The maximum Gasteiger partial charge on any atom is 0.267 e. The summed E-state index contributed by atoms with van der Waals surface area (Å²) in [5.41, 5.74) is 6.36. The molecule has 0 radical (unpaired) electrons. The SMILES string of the molecule is NCc1cn(CC2CCN(C(=O)C3COc4ccccc4O3)CC2)nn1. The van der Waals surface area contributed by atoms with E-state index in [4.69, 9.17) is 15.2 Å². The lowest BCUT2D eigenvalue weighted by Gasteiger charge is -2.35. The van der Waals surface area contributed by atoms with E-state index < -0.39 is 6.10 Å². The van der Waals surface area contributed by atoms with E-state index in [0.717, 1.165) is 38.2 Å². The van der Waals surface area contributed by atoms with Crippen LogP contribution in [-0.4, -0.2) is 51.6 Å². The van der Waals surface area contributed by atoms with Crippen LogP contribution >= 0.6 is 0 Å². The summed E-state index contributed by atoms with van der Waals surface area (Å²) < 4.78 is 13.3. The molecule has 26 heavy (non-hydrogen) atoms. The number of aromatic nitrogens is 3. The quantitative estimate of drug-likeness (QED) is 0.870. The molecule has 1 unspecified atom stereocenters. The van der Waals surface area contributed by atoms with Crippen LogP contribution in [0.25, 0.3) is 0 Å². The second-order valence-electron chi connectivity index (χ2n) is 6.77. The molecule has 138 valence electrons. The molecule has 1 aromatic heterocycles. The van der Waals surface area contributed by atoms with Crippen molar-refractivity contribution in [2.75, 3.05) is 19.7 Å². The molecular weight excluding hydrogens is 334 g/mol. The number of ether oxygens (including phenoxy) is 2. The number of rotatable bonds is 4. The van der Waals surface area contributed by atoms with Crippen LogP contribution in [0, 0.1) is 5.92 Å². The number of likely N-dealkylation sites (tertiary alicyclic amines) is 1. The topological polar surface area (TPSA) is 95.5 Å². The number of hydrogen-bond acceptors (Lipinski definition) is 6. The van der Waals surface area contributed by atoms with E-state index in [1.54, 1.807) is 0 Å². The number of piperidine rings is 1. The molecule has 1 amide bonds. The van der Waals surface area contributed by atoms with Crippen molar-refractivity contribution >= 4 is 5.91 Å². The first-order chi connectivity index (χ1) is 12.7. The zero-order valence-electron chi connectivity index (χ0n) is 14.6. The number of fused-ring (bicyclic) bond motifs is 1. The van der Waals surface area contributed by atoms with Crippen LogP contribution in [0.5, 0.6) is 11.5 Å².